The summed E-state index contributed by atoms with van der Waals surface area (Å²) in [6, 6.07) is 14.9. The third kappa shape index (κ3) is 18.0. The van der Waals surface area contributed by atoms with Gasteiger partial charge >= 0.3 is 11.9 Å². The van der Waals surface area contributed by atoms with E-state index in [9.17, 15) is 9.59 Å². The minimum absolute atomic E-state index is 0.257. The van der Waals surface area contributed by atoms with Crippen LogP contribution >= 0.6 is 0 Å². The first kappa shape index (κ1) is 37.3. The molecule has 0 N–H and O–H groups in total. The molecule has 0 fully saturated rings. The maximum absolute atomic E-state index is 12.4. The lowest BCUT2D eigenvalue weighted by molar-refractivity contribution is 0.0488. The quantitative estimate of drug-likeness (QED) is 0.0609. The fourth-order valence-corrected chi connectivity index (χ4v) is 5.33. The van der Waals surface area contributed by atoms with E-state index >= 15 is 0 Å². The van der Waals surface area contributed by atoms with Crippen LogP contribution in [0.3, 0.4) is 0 Å². The highest BCUT2D eigenvalue weighted by molar-refractivity contribution is 5.90. The van der Waals surface area contributed by atoms with E-state index in [1.165, 1.54) is 103 Å². The van der Waals surface area contributed by atoms with Gasteiger partial charge in [0, 0.05) is 0 Å². The molecule has 0 saturated carbocycles. The molecule has 0 unspecified atom stereocenters. The summed E-state index contributed by atoms with van der Waals surface area (Å²) >= 11 is 0. The maximum atomic E-state index is 12.4. The molecule has 4 nitrogen and oxygen atoms in total. The molecule has 0 aliphatic carbocycles. The van der Waals surface area contributed by atoms with Crippen LogP contribution in [0.4, 0.5) is 0 Å². The van der Waals surface area contributed by atoms with Gasteiger partial charge < -0.3 is 9.47 Å². The lowest BCUT2D eigenvalue weighted by Crippen LogP contribution is -2.06. The number of esters is 2. The van der Waals surface area contributed by atoms with Gasteiger partial charge in [0.05, 0.1) is 24.3 Å². The van der Waals surface area contributed by atoms with Crippen LogP contribution in [0.15, 0.2) is 48.5 Å². The third-order valence-corrected chi connectivity index (χ3v) is 8.22. The van der Waals surface area contributed by atoms with E-state index in [1.54, 1.807) is 0 Å². The van der Waals surface area contributed by atoms with Crippen molar-refractivity contribution in [1.82, 2.24) is 0 Å². The Morgan fingerprint density at radius 1 is 0.432 bits per heavy atom. The molecule has 0 spiro atoms. The van der Waals surface area contributed by atoms with Crippen molar-refractivity contribution in [2.45, 2.75) is 142 Å². The number of unbranched alkanes of at least 4 members (excludes halogenated alkanes) is 18. The van der Waals surface area contributed by atoms with E-state index in [0.29, 0.717) is 24.3 Å². The summed E-state index contributed by atoms with van der Waals surface area (Å²) in [6.45, 7) is 5.48. The van der Waals surface area contributed by atoms with E-state index in [0.717, 1.165) is 36.8 Å². The highest BCUT2D eigenvalue weighted by Gasteiger charge is 2.08. The number of benzene rings is 2. The molecule has 2 rings (SSSR count). The SMILES string of the molecule is CCCCCCCCCCCCOC(=O)c1ccc(/C=C/c2ccc(C(=O)OCCCCCCCCCCCC)cc2)cc1. The molecule has 0 atom stereocenters. The van der Waals surface area contributed by atoms with Crippen molar-refractivity contribution in [1.29, 1.82) is 0 Å². The molecule has 0 amide bonds. The summed E-state index contributed by atoms with van der Waals surface area (Å²) < 4.78 is 10.9. The molecule has 0 saturated heterocycles. The topological polar surface area (TPSA) is 52.6 Å². The van der Waals surface area contributed by atoms with Crippen molar-refractivity contribution in [3.63, 3.8) is 0 Å². The van der Waals surface area contributed by atoms with Crippen LogP contribution in [0.25, 0.3) is 12.2 Å². The highest BCUT2D eigenvalue weighted by Crippen LogP contribution is 2.15. The number of rotatable bonds is 26. The van der Waals surface area contributed by atoms with Crippen LogP contribution < -0.4 is 0 Å². The Labute approximate surface area is 269 Å². The molecule has 4 heteroatoms. The molecular weight excluding hydrogens is 544 g/mol. The van der Waals surface area contributed by atoms with Crippen LogP contribution in [-0.2, 0) is 9.47 Å². The smallest absolute Gasteiger partial charge is 0.338 e. The van der Waals surface area contributed by atoms with Crippen LogP contribution in [0, 0.1) is 0 Å². The van der Waals surface area contributed by atoms with Gasteiger partial charge in [0.2, 0.25) is 0 Å². The molecule has 2 aromatic rings. The van der Waals surface area contributed by atoms with Gasteiger partial charge in [0.1, 0.15) is 0 Å². The van der Waals surface area contributed by atoms with Gasteiger partial charge in [-0.1, -0.05) is 166 Å². The first-order chi connectivity index (χ1) is 21.6. The first-order valence-corrected chi connectivity index (χ1v) is 17.9. The molecule has 0 bridgehead atoms. The number of ether oxygens (including phenoxy) is 2. The number of carbonyl (C=O) groups is 2. The van der Waals surface area contributed by atoms with E-state index < -0.39 is 0 Å². The fraction of sp³-hybridized carbons (Fsp3) is 0.600. The number of hydrogen-bond acceptors (Lipinski definition) is 4. The summed E-state index contributed by atoms with van der Waals surface area (Å²) in [7, 11) is 0. The van der Waals surface area contributed by atoms with Crippen molar-refractivity contribution in [3.8, 4) is 0 Å². The van der Waals surface area contributed by atoms with Crippen molar-refractivity contribution in [2.75, 3.05) is 13.2 Å². The van der Waals surface area contributed by atoms with Gasteiger partial charge in [-0.25, -0.2) is 9.59 Å². The van der Waals surface area contributed by atoms with Gasteiger partial charge in [-0.3, -0.25) is 0 Å². The summed E-state index contributed by atoms with van der Waals surface area (Å²) in [4.78, 5) is 24.8. The standard InChI is InChI=1S/C40H60O4/c1-3-5-7-9-11-13-15-17-19-21-33-43-39(41)37-29-25-35(26-30-37)23-24-36-27-31-38(32-28-36)40(42)44-34-22-20-18-16-14-12-10-8-6-4-2/h23-32H,3-22,33-34H2,1-2H3/b24-23+. The molecule has 0 aliphatic heterocycles. The van der Waals surface area contributed by atoms with Crippen molar-refractivity contribution in [3.05, 3.63) is 70.8 Å². The Bertz CT molecular complexity index is 939. The average Bonchev–Trinajstić information content (AvgIpc) is 3.05. The lowest BCUT2D eigenvalue weighted by atomic mass is 10.1. The Morgan fingerprint density at radius 2 is 0.705 bits per heavy atom. The summed E-state index contributed by atoms with van der Waals surface area (Å²) in [5.41, 5.74) is 3.15. The molecule has 0 heterocycles. The van der Waals surface area contributed by atoms with E-state index in [2.05, 4.69) is 13.8 Å². The summed E-state index contributed by atoms with van der Waals surface area (Å²) in [6.07, 6.45) is 29.2. The number of hydrogen-bond donors (Lipinski definition) is 0. The second-order valence-electron chi connectivity index (χ2n) is 12.2. The molecule has 0 aromatic heterocycles. The minimum atomic E-state index is -0.257. The van der Waals surface area contributed by atoms with Crippen molar-refractivity contribution in [2.24, 2.45) is 0 Å². The van der Waals surface area contributed by atoms with Crippen molar-refractivity contribution < 1.29 is 19.1 Å². The zero-order valence-electron chi connectivity index (χ0n) is 28.0. The molecule has 0 radical (unpaired) electrons. The van der Waals surface area contributed by atoms with Gasteiger partial charge in [-0.2, -0.15) is 0 Å². The Hall–Kier alpha value is -2.88. The second-order valence-corrected chi connectivity index (χ2v) is 12.2. The first-order valence-electron chi connectivity index (χ1n) is 17.9. The summed E-state index contributed by atoms with van der Waals surface area (Å²) in [5, 5.41) is 0. The molecular formula is C40H60O4. The fourth-order valence-electron chi connectivity index (χ4n) is 5.33. The van der Waals surface area contributed by atoms with Gasteiger partial charge in [-0.15, -0.1) is 0 Å². The van der Waals surface area contributed by atoms with Crippen LogP contribution in [0.1, 0.15) is 174 Å². The maximum Gasteiger partial charge on any atom is 0.338 e. The predicted octanol–water partition coefficient (Wildman–Crippen LogP) is 12.0. The summed E-state index contributed by atoms with van der Waals surface area (Å²) in [5.74, 6) is -0.515. The monoisotopic (exact) mass is 604 g/mol. The Morgan fingerprint density at radius 3 is 1.00 bits per heavy atom. The zero-order valence-corrected chi connectivity index (χ0v) is 28.0. The van der Waals surface area contributed by atoms with Gasteiger partial charge in [0.25, 0.3) is 0 Å². The lowest BCUT2D eigenvalue weighted by Gasteiger charge is -2.06. The largest absolute Gasteiger partial charge is 0.462 e. The highest BCUT2D eigenvalue weighted by atomic mass is 16.5. The van der Waals surface area contributed by atoms with E-state index in [4.69, 9.17) is 9.47 Å². The van der Waals surface area contributed by atoms with Crippen LogP contribution in [0.2, 0.25) is 0 Å². The molecule has 44 heavy (non-hydrogen) atoms. The number of carbonyl (C=O) groups excluding carboxylic acids is 2. The zero-order chi connectivity index (χ0) is 31.5. The molecule has 2 aromatic carbocycles. The average molecular weight is 605 g/mol. The van der Waals surface area contributed by atoms with Gasteiger partial charge in [0.15, 0.2) is 0 Å². The van der Waals surface area contributed by atoms with E-state index in [1.807, 2.05) is 60.7 Å². The predicted molar refractivity (Wildman–Crippen MR) is 186 cm³/mol. The van der Waals surface area contributed by atoms with Crippen LogP contribution in [0.5, 0.6) is 0 Å². The molecule has 0 aliphatic rings. The van der Waals surface area contributed by atoms with E-state index in [-0.39, 0.29) is 11.9 Å². The van der Waals surface area contributed by atoms with Gasteiger partial charge in [-0.05, 0) is 48.2 Å². The van der Waals surface area contributed by atoms with Crippen LogP contribution in [-0.4, -0.2) is 25.2 Å². The molecule has 244 valence electrons. The normalized spacial score (nSPS) is 11.2. The Kier molecular flexibility index (Phi) is 21.6. The third-order valence-electron chi connectivity index (χ3n) is 8.22. The minimum Gasteiger partial charge on any atom is -0.462 e. The van der Waals surface area contributed by atoms with Crippen molar-refractivity contribution >= 4 is 24.1 Å². The second kappa shape index (κ2) is 25.4. The Balaban J connectivity index is 1.57.